The Hall–Kier alpha value is -2.54. The average molecular weight is 343 g/mol. The van der Waals surface area contributed by atoms with Gasteiger partial charge in [-0.2, -0.15) is 0 Å². The molecule has 2 saturated heterocycles. The Balaban J connectivity index is 1.80. The summed E-state index contributed by atoms with van der Waals surface area (Å²) in [5.41, 5.74) is 2.28. The summed E-state index contributed by atoms with van der Waals surface area (Å²) in [4.78, 5) is 42.2. The van der Waals surface area contributed by atoms with Crippen LogP contribution in [-0.2, 0) is 14.3 Å². The van der Waals surface area contributed by atoms with Gasteiger partial charge in [-0.3, -0.25) is 19.9 Å². The number of barbiturate groups is 1. The number of hydrogen-bond acceptors (Lipinski definition) is 5. The van der Waals surface area contributed by atoms with Crippen LogP contribution < -0.4 is 10.2 Å². The third-order valence-electron chi connectivity index (χ3n) is 4.38. The van der Waals surface area contributed by atoms with E-state index in [0.717, 1.165) is 35.5 Å². The highest BCUT2D eigenvalue weighted by molar-refractivity contribution is 6.32. The molecule has 7 nitrogen and oxygen atoms in total. The second-order valence-corrected chi connectivity index (χ2v) is 6.38. The fourth-order valence-electron chi connectivity index (χ4n) is 3.08. The standard InChI is InChI=1S/C18H21N3O4/c1-11-5-6-15(12(2)8-11)21-17(23)14(16(22)20-18(21)24)10-19-9-13-4-3-7-25-13/h5-6,8,10,13-14H,3-4,7,9H2,1-2H3,(H,20,22,24)/t13-,14+/m0/s1. The van der Waals surface area contributed by atoms with E-state index >= 15 is 0 Å². The molecule has 0 aliphatic carbocycles. The van der Waals surface area contributed by atoms with Crippen molar-refractivity contribution in [3.8, 4) is 0 Å². The van der Waals surface area contributed by atoms with Crippen LogP contribution in [0.1, 0.15) is 24.0 Å². The molecule has 2 fully saturated rings. The zero-order chi connectivity index (χ0) is 18.0. The van der Waals surface area contributed by atoms with E-state index in [-0.39, 0.29) is 6.10 Å². The lowest BCUT2D eigenvalue weighted by atomic mass is 10.0. The molecule has 0 aromatic heterocycles. The highest BCUT2D eigenvalue weighted by Gasteiger charge is 2.40. The number of carbonyl (C=O) groups is 3. The number of hydrogen-bond donors (Lipinski definition) is 1. The fourth-order valence-corrected chi connectivity index (χ4v) is 3.08. The van der Waals surface area contributed by atoms with E-state index in [1.807, 2.05) is 26.0 Å². The van der Waals surface area contributed by atoms with Gasteiger partial charge in [-0.25, -0.2) is 9.69 Å². The topological polar surface area (TPSA) is 88.1 Å². The van der Waals surface area contributed by atoms with Gasteiger partial charge in [-0.05, 0) is 38.3 Å². The number of imide groups is 2. The minimum absolute atomic E-state index is 0.0371. The predicted molar refractivity (Wildman–Crippen MR) is 92.8 cm³/mol. The van der Waals surface area contributed by atoms with E-state index in [1.165, 1.54) is 6.21 Å². The second-order valence-electron chi connectivity index (χ2n) is 6.38. The van der Waals surface area contributed by atoms with Crippen LogP contribution in [-0.4, -0.2) is 43.3 Å². The third-order valence-corrected chi connectivity index (χ3v) is 4.38. The first kappa shape index (κ1) is 17.3. The number of rotatable bonds is 4. The van der Waals surface area contributed by atoms with Crippen LogP contribution in [0.15, 0.2) is 23.2 Å². The molecular weight excluding hydrogens is 322 g/mol. The van der Waals surface area contributed by atoms with Gasteiger partial charge in [0.2, 0.25) is 5.91 Å². The summed E-state index contributed by atoms with van der Waals surface area (Å²) in [5, 5.41) is 2.23. The first-order valence-corrected chi connectivity index (χ1v) is 8.35. The maximum Gasteiger partial charge on any atom is 0.335 e. The molecule has 2 atom stereocenters. The van der Waals surface area contributed by atoms with Gasteiger partial charge in [0, 0.05) is 12.8 Å². The van der Waals surface area contributed by atoms with Crippen molar-refractivity contribution >= 4 is 29.7 Å². The summed E-state index contributed by atoms with van der Waals surface area (Å²) >= 11 is 0. The van der Waals surface area contributed by atoms with E-state index < -0.39 is 23.8 Å². The summed E-state index contributed by atoms with van der Waals surface area (Å²) < 4.78 is 5.47. The number of anilines is 1. The van der Waals surface area contributed by atoms with Crippen LogP contribution >= 0.6 is 0 Å². The van der Waals surface area contributed by atoms with Crippen molar-refractivity contribution in [2.45, 2.75) is 32.8 Å². The number of aliphatic imine (C=N–C) groups is 1. The van der Waals surface area contributed by atoms with E-state index in [2.05, 4.69) is 10.3 Å². The molecule has 0 unspecified atom stereocenters. The first-order chi connectivity index (χ1) is 12.0. The smallest absolute Gasteiger partial charge is 0.335 e. The minimum atomic E-state index is -1.11. The predicted octanol–water partition coefficient (Wildman–Crippen LogP) is 1.75. The lowest BCUT2D eigenvalue weighted by molar-refractivity contribution is -0.131. The molecule has 0 bridgehead atoms. The largest absolute Gasteiger partial charge is 0.376 e. The number of carbonyl (C=O) groups excluding carboxylic acids is 3. The third kappa shape index (κ3) is 3.61. The van der Waals surface area contributed by atoms with E-state index in [4.69, 9.17) is 4.74 Å². The van der Waals surface area contributed by atoms with Crippen molar-refractivity contribution in [2.75, 3.05) is 18.1 Å². The Labute approximate surface area is 146 Å². The summed E-state index contributed by atoms with van der Waals surface area (Å²) in [7, 11) is 0. The second kappa shape index (κ2) is 7.14. The quantitative estimate of drug-likeness (QED) is 0.666. The van der Waals surface area contributed by atoms with Crippen LogP contribution in [0.3, 0.4) is 0 Å². The van der Waals surface area contributed by atoms with Gasteiger partial charge in [0.25, 0.3) is 5.91 Å². The van der Waals surface area contributed by atoms with Crippen LogP contribution in [0.25, 0.3) is 0 Å². The number of ether oxygens (including phenoxy) is 1. The molecular formula is C18H21N3O4. The molecule has 3 rings (SSSR count). The van der Waals surface area contributed by atoms with Gasteiger partial charge < -0.3 is 4.74 Å². The molecule has 0 radical (unpaired) electrons. The van der Waals surface area contributed by atoms with Gasteiger partial charge in [0.05, 0.1) is 18.3 Å². The van der Waals surface area contributed by atoms with Crippen molar-refractivity contribution in [1.29, 1.82) is 0 Å². The number of nitrogens with one attached hydrogen (secondary N) is 1. The van der Waals surface area contributed by atoms with Crippen LogP contribution in [0, 0.1) is 19.8 Å². The summed E-state index contributed by atoms with van der Waals surface area (Å²) in [6.45, 7) is 4.88. The van der Waals surface area contributed by atoms with Crippen molar-refractivity contribution in [2.24, 2.45) is 10.9 Å². The average Bonchev–Trinajstić information content (AvgIpc) is 3.05. The Morgan fingerprint density at radius 2 is 2.12 bits per heavy atom. The van der Waals surface area contributed by atoms with Gasteiger partial charge in [-0.15, -0.1) is 0 Å². The molecule has 0 saturated carbocycles. The fraction of sp³-hybridized carbons (Fsp3) is 0.444. The van der Waals surface area contributed by atoms with Crippen LogP contribution in [0.4, 0.5) is 10.5 Å². The van der Waals surface area contributed by atoms with Crippen LogP contribution in [0.5, 0.6) is 0 Å². The van der Waals surface area contributed by atoms with Crippen LogP contribution in [0.2, 0.25) is 0 Å². The van der Waals surface area contributed by atoms with Crippen molar-refractivity contribution in [1.82, 2.24) is 5.32 Å². The van der Waals surface area contributed by atoms with Crippen molar-refractivity contribution < 1.29 is 19.1 Å². The molecule has 2 aliphatic rings. The summed E-state index contributed by atoms with van der Waals surface area (Å²) in [6, 6.07) is 4.68. The molecule has 1 aromatic rings. The number of urea groups is 1. The highest BCUT2D eigenvalue weighted by Crippen LogP contribution is 2.25. The summed E-state index contributed by atoms with van der Waals surface area (Å²) in [5.74, 6) is -2.34. The minimum Gasteiger partial charge on any atom is -0.376 e. The lowest BCUT2D eigenvalue weighted by Crippen LogP contribution is -2.58. The highest BCUT2D eigenvalue weighted by atomic mass is 16.5. The lowest BCUT2D eigenvalue weighted by Gasteiger charge is -2.29. The maximum absolute atomic E-state index is 12.7. The Kier molecular flexibility index (Phi) is 4.94. The Bertz CT molecular complexity index is 738. The monoisotopic (exact) mass is 343 g/mol. The Morgan fingerprint density at radius 1 is 1.32 bits per heavy atom. The maximum atomic E-state index is 12.7. The summed E-state index contributed by atoms with van der Waals surface area (Å²) in [6.07, 6.45) is 3.28. The molecule has 4 amide bonds. The molecule has 2 aliphatic heterocycles. The Morgan fingerprint density at radius 3 is 2.80 bits per heavy atom. The van der Waals surface area contributed by atoms with Crippen molar-refractivity contribution in [3.05, 3.63) is 29.3 Å². The van der Waals surface area contributed by atoms with E-state index in [0.29, 0.717) is 12.2 Å². The number of nitrogens with zero attached hydrogens (tertiary/aromatic N) is 2. The van der Waals surface area contributed by atoms with Crippen molar-refractivity contribution in [3.63, 3.8) is 0 Å². The van der Waals surface area contributed by atoms with Gasteiger partial charge in [-0.1, -0.05) is 17.7 Å². The zero-order valence-corrected chi connectivity index (χ0v) is 14.3. The first-order valence-electron chi connectivity index (χ1n) is 8.35. The number of amides is 4. The van der Waals surface area contributed by atoms with Gasteiger partial charge >= 0.3 is 6.03 Å². The molecule has 1 aromatic carbocycles. The molecule has 0 spiro atoms. The molecule has 25 heavy (non-hydrogen) atoms. The van der Waals surface area contributed by atoms with Gasteiger partial charge in [0.1, 0.15) is 0 Å². The molecule has 2 heterocycles. The van der Waals surface area contributed by atoms with Gasteiger partial charge in [0.15, 0.2) is 5.92 Å². The zero-order valence-electron chi connectivity index (χ0n) is 14.3. The molecule has 132 valence electrons. The molecule has 1 N–H and O–H groups in total. The molecule has 7 heteroatoms. The normalized spacial score (nSPS) is 24.2. The van der Waals surface area contributed by atoms with E-state index in [1.54, 1.807) is 6.07 Å². The SMILES string of the molecule is Cc1ccc(N2C(=O)NC(=O)[C@@H](C=NC[C@@H]3CCCO3)C2=O)c(C)c1. The number of benzene rings is 1. The number of aryl methyl sites for hydroxylation is 2. The van der Waals surface area contributed by atoms with E-state index in [9.17, 15) is 14.4 Å².